The molecule has 0 unspecified atom stereocenters. The molecular formula is C12H14N2O6S. The highest BCUT2D eigenvalue weighted by Gasteiger charge is 2.42. The lowest BCUT2D eigenvalue weighted by Gasteiger charge is -2.14. The summed E-state index contributed by atoms with van der Waals surface area (Å²) >= 11 is 0. The number of benzene rings is 1. The van der Waals surface area contributed by atoms with Crippen LogP contribution >= 0.6 is 0 Å². The summed E-state index contributed by atoms with van der Waals surface area (Å²) in [4.78, 5) is 21.4. The smallest absolute Gasteiger partial charge is 0.339 e. The summed E-state index contributed by atoms with van der Waals surface area (Å²) in [5.41, 5.74) is -1.26. The fraction of sp³-hybridized carbons (Fsp3) is 0.417. The molecule has 1 aromatic carbocycles. The number of hydrogen-bond acceptors (Lipinski definition) is 6. The SMILES string of the molecule is COC(=O)c1cc([N+](=O)[O-])ccc1S(=O)(=O)NC1(C)CC1. The minimum Gasteiger partial charge on any atom is -0.465 e. The van der Waals surface area contributed by atoms with Gasteiger partial charge in [-0.2, -0.15) is 0 Å². The molecule has 1 aliphatic rings. The Morgan fingerprint density at radius 1 is 1.43 bits per heavy atom. The van der Waals surface area contributed by atoms with Gasteiger partial charge in [-0.05, 0) is 25.8 Å². The number of nitro groups is 1. The fourth-order valence-corrected chi connectivity index (χ4v) is 3.45. The van der Waals surface area contributed by atoms with E-state index in [-0.39, 0.29) is 16.1 Å². The monoisotopic (exact) mass is 314 g/mol. The van der Waals surface area contributed by atoms with Crippen molar-refractivity contribution in [3.05, 3.63) is 33.9 Å². The van der Waals surface area contributed by atoms with Crippen LogP contribution in [0.2, 0.25) is 0 Å². The van der Waals surface area contributed by atoms with Gasteiger partial charge in [-0.3, -0.25) is 10.1 Å². The Balaban J connectivity index is 2.51. The van der Waals surface area contributed by atoms with Crippen LogP contribution in [0, 0.1) is 10.1 Å². The number of nitrogens with zero attached hydrogens (tertiary/aromatic N) is 1. The minimum absolute atomic E-state index is 0.326. The Labute approximate surface area is 121 Å². The predicted molar refractivity (Wildman–Crippen MR) is 72.4 cm³/mol. The molecule has 114 valence electrons. The van der Waals surface area contributed by atoms with E-state index in [4.69, 9.17) is 0 Å². The first-order valence-corrected chi connectivity index (χ1v) is 7.58. The summed E-state index contributed by atoms with van der Waals surface area (Å²) in [6, 6.07) is 2.98. The Morgan fingerprint density at radius 2 is 2.05 bits per heavy atom. The van der Waals surface area contributed by atoms with E-state index in [1.807, 2.05) is 0 Å². The number of nitrogens with one attached hydrogen (secondary N) is 1. The molecule has 0 aliphatic heterocycles. The third-order valence-electron chi connectivity index (χ3n) is 3.25. The maximum absolute atomic E-state index is 12.3. The number of non-ortho nitro benzene ring substituents is 1. The Kier molecular flexibility index (Phi) is 3.72. The van der Waals surface area contributed by atoms with E-state index in [0.717, 1.165) is 25.3 Å². The maximum Gasteiger partial charge on any atom is 0.339 e. The second kappa shape index (κ2) is 5.08. The average Bonchev–Trinajstić information content (AvgIpc) is 3.13. The van der Waals surface area contributed by atoms with E-state index in [2.05, 4.69) is 9.46 Å². The van der Waals surface area contributed by atoms with Crippen molar-refractivity contribution in [1.29, 1.82) is 0 Å². The second-order valence-corrected chi connectivity index (χ2v) is 6.75. The van der Waals surface area contributed by atoms with E-state index < -0.39 is 26.5 Å². The third kappa shape index (κ3) is 3.19. The highest BCUT2D eigenvalue weighted by Crippen LogP contribution is 2.36. The molecule has 0 heterocycles. The Morgan fingerprint density at radius 3 is 2.52 bits per heavy atom. The number of carbonyl (C=O) groups excluding carboxylic acids is 1. The van der Waals surface area contributed by atoms with Crippen LogP contribution in [0.4, 0.5) is 5.69 Å². The van der Waals surface area contributed by atoms with E-state index in [9.17, 15) is 23.3 Å². The van der Waals surface area contributed by atoms with Crippen LogP contribution in [0.3, 0.4) is 0 Å². The number of esters is 1. The van der Waals surface area contributed by atoms with Gasteiger partial charge in [0.15, 0.2) is 0 Å². The van der Waals surface area contributed by atoms with Crippen molar-refractivity contribution in [2.75, 3.05) is 7.11 Å². The van der Waals surface area contributed by atoms with Crippen LogP contribution in [-0.2, 0) is 14.8 Å². The summed E-state index contributed by atoms with van der Waals surface area (Å²) in [7, 11) is -2.88. The first kappa shape index (κ1) is 15.4. The van der Waals surface area contributed by atoms with Crippen LogP contribution in [0.1, 0.15) is 30.1 Å². The predicted octanol–water partition coefficient (Wildman–Crippen LogP) is 1.21. The van der Waals surface area contributed by atoms with Gasteiger partial charge in [0, 0.05) is 17.7 Å². The summed E-state index contributed by atoms with van der Waals surface area (Å²) in [5, 5.41) is 10.8. The fourth-order valence-electron chi connectivity index (χ4n) is 1.80. The van der Waals surface area contributed by atoms with Crippen LogP contribution in [0.25, 0.3) is 0 Å². The van der Waals surface area contributed by atoms with Gasteiger partial charge >= 0.3 is 5.97 Å². The largest absolute Gasteiger partial charge is 0.465 e. The zero-order valence-corrected chi connectivity index (χ0v) is 12.3. The van der Waals surface area contributed by atoms with E-state index in [0.29, 0.717) is 12.8 Å². The molecule has 0 saturated heterocycles. The van der Waals surface area contributed by atoms with Gasteiger partial charge in [-0.1, -0.05) is 0 Å². The topological polar surface area (TPSA) is 116 Å². The molecule has 0 spiro atoms. The lowest BCUT2D eigenvalue weighted by Crippen LogP contribution is -2.35. The molecule has 2 rings (SSSR count). The quantitative estimate of drug-likeness (QED) is 0.496. The second-order valence-electron chi connectivity index (χ2n) is 5.10. The van der Waals surface area contributed by atoms with Gasteiger partial charge < -0.3 is 4.74 Å². The molecule has 0 bridgehead atoms. The standard InChI is InChI=1S/C12H14N2O6S/c1-12(5-6-12)13-21(18,19)10-4-3-8(14(16)17)7-9(10)11(15)20-2/h3-4,7,13H,5-6H2,1-2H3. The number of hydrogen-bond donors (Lipinski definition) is 1. The van der Waals surface area contributed by atoms with Gasteiger partial charge in [0.2, 0.25) is 10.0 Å². The van der Waals surface area contributed by atoms with Crippen molar-refractivity contribution in [2.24, 2.45) is 0 Å². The van der Waals surface area contributed by atoms with Crippen molar-refractivity contribution in [2.45, 2.75) is 30.2 Å². The van der Waals surface area contributed by atoms with Crippen molar-refractivity contribution in [3.8, 4) is 0 Å². The normalized spacial score (nSPS) is 16.3. The number of ether oxygens (including phenoxy) is 1. The number of sulfonamides is 1. The number of nitro benzene ring substituents is 1. The Bertz CT molecular complexity index is 708. The van der Waals surface area contributed by atoms with Crippen molar-refractivity contribution < 1.29 is 22.9 Å². The lowest BCUT2D eigenvalue weighted by molar-refractivity contribution is -0.384. The molecule has 1 aliphatic carbocycles. The van der Waals surface area contributed by atoms with E-state index >= 15 is 0 Å². The molecule has 9 heteroatoms. The molecule has 21 heavy (non-hydrogen) atoms. The van der Waals surface area contributed by atoms with Crippen molar-refractivity contribution in [1.82, 2.24) is 4.72 Å². The summed E-state index contributed by atoms with van der Waals surface area (Å²) in [6.45, 7) is 1.74. The Hall–Kier alpha value is -2.00. The zero-order chi connectivity index (χ0) is 15.8. The van der Waals surface area contributed by atoms with Gasteiger partial charge in [0.1, 0.15) is 0 Å². The number of carbonyl (C=O) groups is 1. The molecule has 1 saturated carbocycles. The third-order valence-corrected chi connectivity index (χ3v) is 4.95. The maximum atomic E-state index is 12.3. The molecular weight excluding hydrogens is 300 g/mol. The van der Waals surface area contributed by atoms with Crippen LogP contribution in [-0.4, -0.2) is 32.0 Å². The molecule has 8 nitrogen and oxygen atoms in total. The van der Waals surface area contributed by atoms with Gasteiger partial charge in [-0.15, -0.1) is 0 Å². The van der Waals surface area contributed by atoms with Crippen LogP contribution in [0.15, 0.2) is 23.1 Å². The zero-order valence-electron chi connectivity index (χ0n) is 11.5. The molecule has 0 radical (unpaired) electrons. The van der Waals surface area contributed by atoms with Gasteiger partial charge in [0.25, 0.3) is 5.69 Å². The highest BCUT2D eigenvalue weighted by atomic mass is 32.2. The molecule has 1 N–H and O–H groups in total. The van der Waals surface area contributed by atoms with Crippen molar-refractivity contribution >= 4 is 21.7 Å². The molecule has 0 atom stereocenters. The molecule has 0 aromatic heterocycles. The first-order chi connectivity index (χ1) is 9.68. The van der Waals surface area contributed by atoms with Gasteiger partial charge in [-0.25, -0.2) is 17.9 Å². The van der Waals surface area contributed by atoms with Crippen molar-refractivity contribution in [3.63, 3.8) is 0 Å². The first-order valence-electron chi connectivity index (χ1n) is 6.09. The highest BCUT2D eigenvalue weighted by molar-refractivity contribution is 7.89. The van der Waals surface area contributed by atoms with Crippen LogP contribution in [0.5, 0.6) is 0 Å². The van der Waals surface area contributed by atoms with E-state index in [1.165, 1.54) is 0 Å². The number of methoxy groups -OCH3 is 1. The lowest BCUT2D eigenvalue weighted by atomic mass is 10.2. The molecule has 0 amide bonds. The molecule has 1 aromatic rings. The van der Waals surface area contributed by atoms with E-state index in [1.54, 1.807) is 6.92 Å². The number of rotatable bonds is 5. The van der Waals surface area contributed by atoms with Gasteiger partial charge in [0.05, 0.1) is 22.5 Å². The minimum atomic E-state index is -3.96. The summed E-state index contributed by atoms with van der Waals surface area (Å²) in [6.07, 6.45) is 1.40. The molecule has 1 fully saturated rings. The summed E-state index contributed by atoms with van der Waals surface area (Å²) < 4.78 is 31.6. The summed E-state index contributed by atoms with van der Waals surface area (Å²) in [5.74, 6) is -0.944. The van der Waals surface area contributed by atoms with Crippen LogP contribution < -0.4 is 4.72 Å². The average molecular weight is 314 g/mol.